The maximum absolute atomic E-state index is 11.3. The van der Waals surface area contributed by atoms with Crippen molar-refractivity contribution in [2.75, 3.05) is 13.1 Å². The molecule has 0 spiro atoms. The van der Waals surface area contributed by atoms with Gasteiger partial charge in [0.25, 0.3) is 0 Å². The highest BCUT2D eigenvalue weighted by atomic mass is 16.5. The summed E-state index contributed by atoms with van der Waals surface area (Å²) < 4.78 is 5.06. The van der Waals surface area contributed by atoms with Crippen molar-refractivity contribution in [2.24, 2.45) is 11.7 Å². The third-order valence-electron chi connectivity index (χ3n) is 1.67. The molecule has 2 atom stereocenters. The van der Waals surface area contributed by atoms with E-state index in [1.54, 1.807) is 0 Å². The lowest BCUT2D eigenvalue weighted by Gasteiger charge is -2.15. The highest BCUT2D eigenvalue weighted by Gasteiger charge is 2.15. The smallest absolute Gasteiger partial charge is 0.310 e. The molecule has 84 valence electrons. The minimum atomic E-state index is -0.155. The van der Waals surface area contributed by atoms with Gasteiger partial charge in [0.05, 0.1) is 12.0 Å². The fourth-order valence-corrected chi connectivity index (χ4v) is 0.959. The summed E-state index contributed by atoms with van der Waals surface area (Å²) in [6, 6.07) is 0.114. The first-order valence-corrected chi connectivity index (χ1v) is 5.10. The van der Waals surface area contributed by atoms with E-state index in [0.717, 1.165) is 6.54 Å². The van der Waals surface area contributed by atoms with E-state index in [9.17, 15) is 4.79 Å². The Hall–Kier alpha value is -0.610. The summed E-state index contributed by atoms with van der Waals surface area (Å²) in [6.45, 7) is 8.80. The second-order valence-corrected chi connectivity index (χ2v) is 4.02. The zero-order valence-corrected chi connectivity index (χ0v) is 9.54. The van der Waals surface area contributed by atoms with Crippen molar-refractivity contribution in [2.45, 2.75) is 39.8 Å². The van der Waals surface area contributed by atoms with Crippen LogP contribution in [0.3, 0.4) is 0 Å². The molecule has 0 aliphatic rings. The van der Waals surface area contributed by atoms with Gasteiger partial charge in [-0.1, -0.05) is 6.92 Å². The van der Waals surface area contributed by atoms with Crippen LogP contribution in [0.4, 0.5) is 0 Å². The van der Waals surface area contributed by atoms with Gasteiger partial charge in [-0.2, -0.15) is 0 Å². The number of hydrogen-bond donors (Lipinski definition) is 2. The number of hydrogen-bond acceptors (Lipinski definition) is 4. The van der Waals surface area contributed by atoms with Gasteiger partial charge in [0.15, 0.2) is 0 Å². The van der Waals surface area contributed by atoms with Crippen LogP contribution in [0.5, 0.6) is 0 Å². The Morgan fingerprint density at radius 1 is 1.29 bits per heavy atom. The number of nitrogens with one attached hydrogen (secondary N) is 1. The van der Waals surface area contributed by atoms with Crippen LogP contribution < -0.4 is 11.1 Å². The molecule has 0 aliphatic carbocycles. The number of esters is 1. The average Bonchev–Trinajstić information content (AvgIpc) is 2.01. The fourth-order valence-electron chi connectivity index (χ4n) is 0.959. The molecule has 4 heteroatoms. The summed E-state index contributed by atoms with van der Waals surface area (Å²) in [5.41, 5.74) is 5.56. The molecule has 2 unspecified atom stereocenters. The molecule has 4 nitrogen and oxygen atoms in total. The van der Waals surface area contributed by atoms with E-state index in [4.69, 9.17) is 10.5 Å². The summed E-state index contributed by atoms with van der Waals surface area (Å²) >= 11 is 0. The molecule has 0 heterocycles. The third-order valence-corrected chi connectivity index (χ3v) is 1.67. The van der Waals surface area contributed by atoms with Gasteiger partial charge in [0, 0.05) is 19.1 Å². The molecule has 0 bridgehead atoms. The van der Waals surface area contributed by atoms with Crippen LogP contribution in [-0.4, -0.2) is 31.2 Å². The van der Waals surface area contributed by atoms with Gasteiger partial charge in [-0.25, -0.2) is 0 Å². The van der Waals surface area contributed by atoms with Crippen molar-refractivity contribution in [1.29, 1.82) is 0 Å². The third kappa shape index (κ3) is 6.86. The van der Waals surface area contributed by atoms with Gasteiger partial charge in [-0.05, 0) is 20.8 Å². The summed E-state index contributed by atoms with van der Waals surface area (Å²) in [5, 5.41) is 3.11. The molecule has 0 rings (SSSR count). The quantitative estimate of drug-likeness (QED) is 0.616. The van der Waals surface area contributed by atoms with Crippen LogP contribution in [0.15, 0.2) is 0 Å². The Morgan fingerprint density at radius 2 is 1.86 bits per heavy atom. The molecule has 0 amide bonds. The van der Waals surface area contributed by atoms with Gasteiger partial charge in [0.2, 0.25) is 0 Å². The maximum atomic E-state index is 11.3. The Labute approximate surface area is 86.2 Å². The summed E-state index contributed by atoms with van der Waals surface area (Å²) in [4.78, 5) is 11.3. The second-order valence-electron chi connectivity index (χ2n) is 4.02. The van der Waals surface area contributed by atoms with Crippen molar-refractivity contribution in [3.05, 3.63) is 0 Å². The molecule has 0 aromatic carbocycles. The lowest BCUT2D eigenvalue weighted by atomic mass is 10.2. The fraction of sp³-hybridized carbons (Fsp3) is 0.900. The average molecular weight is 202 g/mol. The van der Waals surface area contributed by atoms with Crippen molar-refractivity contribution in [3.63, 3.8) is 0 Å². The van der Waals surface area contributed by atoms with E-state index < -0.39 is 0 Å². The van der Waals surface area contributed by atoms with Gasteiger partial charge in [-0.15, -0.1) is 0 Å². The first-order valence-electron chi connectivity index (χ1n) is 5.10. The minimum absolute atomic E-state index is 0.0432. The molecule has 0 aromatic heterocycles. The predicted octanol–water partition coefficient (Wildman–Crippen LogP) is 0.511. The van der Waals surface area contributed by atoms with E-state index in [1.807, 2.05) is 27.7 Å². The predicted molar refractivity (Wildman–Crippen MR) is 56.9 cm³/mol. The van der Waals surface area contributed by atoms with Crippen LogP contribution in [0, 0.1) is 5.92 Å². The topological polar surface area (TPSA) is 64.3 Å². The van der Waals surface area contributed by atoms with Crippen LogP contribution in [0.1, 0.15) is 27.7 Å². The molecule has 0 fully saturated rings. The van der Waals surface area contributed by atoms with Crippen molar-refractivity contribution < 1.29 is 9.53 Å². The Kier molecular flexibility index (Phi) is 6.49. The first kappa shape index (κ1) is 13.4. The minimum Gasteiger partial charge on any atom is -0.463 e. The molecule has 0 radical (unpaired) electrons. The summed E-state index contributed by atoms with van der Waals surface area (Å²) in [5.74, 6) is -0.270. The second kappa shape index (κ2) is 6.79. The Bertz CT molecular complexity index is 170. The van der Waals surface area contributed by atoms with Gasteiger partial charge in [-0.3, -0.25) is 4.79 Å². The SMILES string of the molecule is CC(N)CNCC(C)C(=O)OC(C)C. The van der Waals surface area contributed by atoms with E-state index >= 15 is 0 Å². The van der Waals surface area contributed by atoms with E-state index in [0.29, 0.717) is 6.54 Å². The zero-order chi connectivity index (χ0) is 11.1. The zero-order valence-electron chi connectivity index (χ0n) is 9.54. The highest BCUT2D eigenvalue weighted by Crippen LogP contribution is 2.00. The van der Waals surface area contributed by atoms with Crippen molar-refractivity contribution in [1.82, 2.24) is 5.32 Å². The summed E-state index contributed by atoms with van der Waals surface area (Å²) in [6.07, 6.45) is -0.0432. The van der Waals surface area contributed by atoms with Crippen LogP contribution in [0.25, 0.3) is 0 Å². The normalized spacial score (nSPS) is 15.3. The lowest BCUT2D eigenvalue weighted by molar-refractivity contribution is -0.151. The summed E-state index contributed by atoms with van der Waals surface area (Å²) in [7, 11) is 0. The molecular formula is C10H22N2O2. The van der Waals surface area contributed by atoms with Crippen molar-refractivity contribution >= 4 is 5.97 Å². The maximum Gasteiger partial charge on any atom is 0.310 e. The number of carbonyl (C=O) groups is 1. The van der Waals surface area contributed by atoms with E-state index in [1.165, 1.54) is 0 Å². The standard InChI is InChI=1S/C10H22N2O2/c1-7(2)14-10(13)8(3)5-12-6-9(4)11/h7-9,12H,5-6,11H2,1-4H3. The highest BCUT2D eigenvalue weighted by molar-refractivity contribution is 5.72. The van der Waals surface area contributed by atoms with E-state index in [-0.39, 0.29) is 24.0 Å². The molecule has 14 heavy (non-hydrogen) atoms. The Morgan fingerprint density at radius 3 is 2.29 bits per heavy atom. The van der Waals surface area contributed by atoms with E-state index in [2.05, 4.69) is 5.32 Å². The molecule has 0 saturated carbocycles. The van der Waals surface area contributed by atoms with Crippen molar-refractivity contribution in [3.8, 4) is 0 Å². The molecule has 3 N–H and O–H groups in total. The largest absolute Gasteiger partial charge is 0.463 e. The first-order chi connectivity index (χ1) is 6.43. The van der Waals surface area contributed by atoms with Crippen LogP contribution >= 0.6 is 0 Å². The lowest BCUT2D eigenvalue weighted by Crippen LogP contribution is -2.36. The molecule has 0 aromatic rings. The molecule has 0 saturated heterocycles. The number of ether oxygens (including phenoxy) is 1. The monoisotopic (exact) mass is 202 g/mol. The van der Waals surface area contributed by atoms with Gasteiger partial charge < -0.3 is 15.8 Å². The van der Waals surface area contributed by atoms with Crippen LogP contribution in [-0.2, 0) is 9.53 Å². The number of rotatable bonds is 6. The Balaban J connectivity index is 3.62. The van der Waals surface area contributed by atoms with Gasteiger partial charge >= 0.3 is 5.97 Å². The van der Waals surface area contributed by atoms with Gasteiger partial charge in [0.1, 0.15) is 0 Å². The van der Waals surface area contributed by atoms with Crippen LogP contribution in [0.2, 0.25) is 0 Å². The molecule has 0 aliphatic heterocycles. The number of nitrogens with two attached hydrogens (primary N) is 1. The molecular weight excluding hydrogens is 180 g/mol. The number of carbonyl (C=O) groups excluding carboxylic acids is 1.